The first-order chi connectivity index (χ1) is 10.6. The fourth-order valence-electron chi connectivity index (χ4n) is 2.29. The highest BCUT2D eigenvalue weighted by atomic mass is 16.5. The Labute approximate surface area is 129 Å². The molecule has 2 nitrogen and oxygen atoms in total. The molecule has 3 aromatic carbocycles. The van der Waals surface area contributed by atoms with Crippen LogP contribution in [0, 0.1) is 0 Å². The number of hydrogen-bond acceptors (Lipinski definition) is 2. The molecule has 2 heteroatoms. The molecular weight excluding hydrogens is 272 g/mol. The third kappa shape index (κ3) is 2.91. The van der Waals surface area contributed by atoms with Crippen molar-refractivity contribution in [2.24, 2.45) is 0 Å². The van der Waals surface area contributed by atoms with Gasteiger partial charge in [-0.05, 0) is 47.0 Å². The largest absolute Gasteiger partial charge is 0.423 e. The van der Waals surface area contributed by atoms with Gasteiger partial charge < -0.3 is 4.74 Å². The Hall–Kier alpha value is -2.87. The number of carbonyl (C=O) groups is 1. The molecule has 0 spiro atoms. The molecule has 0 radical (unpaired) electrons. The summed E-state index contributed by atoms with van der Waals surface area (Å²) in [6.45, 7) is 5.22. The second kappa shape index (κ2) is 5.86. The third-order valence-electron chi connectivity index (χ3n) is 3.48. The van der Waals surface area contributed by atoms with Crippen LogP contribution in [0.3, 0.4) is 0 Å². The molecule has 3 rings (SSSR count). The van der Waals surface area contributed by atoms with Crippen LogP contribution in [0.25, 0.3) is 21.9 Å². The molecule has 0 aliphatic heterocycles. The summed E-state index contributed by atoms with van der Waals surface area (Å²) in [5.74, 6) is 0.133. The molecule has 0 aromatic heterocycles. The molecule has 0 aliphatic carbocycles. The number of fused-ring (bicyclic) bond motifs is 1. The van der Waals surface area contributed by atoms with Gasteiger partial charge in [0.25, 0.3) is 0 Å². The number of rotatable bonds is 3. The average Bonchev–Trinajstić information content (AvgIpc) is 2.55. The number of hydrogen-bond donors (Lipinski definition) is 0. The van der Waals surface area contributed by atoms with E-state index >= 15 is 0 Å². The van der Waals surface area contributed by atoms with E-state index in [9.17, 15) is 4.79 Å². The van der Waals surface area contributed by atoms with Gasteiger partial charge in [0, 0.05) is 5.57 Å². The summed E-state index contributed by atoms with van der Waals surface area (Å²) in [5, 5.41) is 2.14. The topological polar surface area (TPSA) is 26.3 Å². The zero-order valence-electron chi connectivity index (χ0n) is 12.4. The number of ether oxygens (including phenoxy) is 1. The minimum Gasteiger partial charge on any atom is -0.423 e. The summed E-state index contributed by atoms with van der Waals surface area (Å²) < 4.78 is 5.26. The van der Waals surface area contributed by atoms with Gasteiger partial charge in [0.1, 0.15) is 5.75 Å². The van der Waals surface area contributed by atoms with E-state index in [0.29, 0.717) is 11.3 Å². The van der Waals surface area contributed by atoms with Crippen molar-refractivity contribution in [2.75, 3.05) is 0 Å². The maximum absolute atomic E-state index is 11.6. The number of benzene rings is 3. The van der Waals surface area contributed by atoms with Crippen molar-refractivity contribution in [3.05, 3.63) is 78.9 Å². The Balaban J connectivity index is 1.95. The number of carbonyl (C=O) groups excluding carboxylic acids is 1. The molecule has 0 bridgehead atoms. The van der Waals surface area contributed by atoms with Gasteiger partial charge in [-0.2, -0.15) is 0 Å². The number of esters is 1. The Morgan fingerprint density at radius 2 is 1.55 bits per heavy atom. The van der Waals surface area contributed by atoms with E-state index in [4.69, 9.17) is 4.74 Å². The predicted octanol–water partition coefficient (Wildman–Crippen LogP) is 4.99. The highest BCUT2D eigenvalue weighted by molar-refractivity contribution is 5.91. The normalized spacial score (nSPS) is 10.4. The summed E-state index contributed by atoms with van der Waals surface area (Å²) in [7, 11) is 0. The van der Waals surface area contributed by atoms with Gasteiger partial charge in [0.15, 0.2) is 0 Å². The molecule has 0 saturated heterocycles. The first-order valence-corrected chi connectivity index (χ1v) is 7.10. The molecule has 108 valence electrons. The summed E-state index contributed by atoms with van der Waals surface area (Å²) >= 11 is 0. The smallest absolute Gasteiger partial charge is 0.338 e. The molecule has 0 atom stereocenters. The maximum Gasteiger partial charge on any atom is 0.338 e. The fourth-order valence-corrected chi connectivity index (χ4v) is 2.29. The van der Waals surface area contributed by atoms with E-state index in [-0.39, 0.29) is 0 Å². The van der Waals surface area contributed by atoms with E-state index in [1.807, 2.05) is 36.4 Å². The second-order valence-electron chi connectivity index (χ2n) is 5.26. The SMILES string of the molecule is C=C(C)C(=O)Oc1ccc2cc(-c3ccccc3)ccc2c1. The van der Waals surface area contributed by atoms with E-state index in [0.717, 1.165) is 10.8 Å². The lowest BCUT2D eigenvalue weighted by atomic mass is 10.0. The van der Waals surface area contributed by atoms with Crippen LogP contribution < -0.4 is 4.74 Å². The summed E-state index contributed by atoms with van der Waals surface area (Å²) in [4.78, 5) is 11.6. The average molecular weight is 288 g/mol. The van der Waals surface area contributed by atoms with E-state index in [2.05, 4.69) is 30.8 Å². The summed E-state index contributed by atoms with van der Waals surface area (Å²) in [5.41, 5.74) is 2.74. The van der Waals surface area contributed by atoms with Crippen LogP contribution >= 0.6 is 0 Å². The van der Waals surface area contributed by atoms with Gasteiger partial charge in [-0.1, -0.05) is 55.1 Å². The van der Waals surface area contributed by atoms with Crippen LogP contribution in [0.2, 0.25) is 0 Å². The van der Waals surface area contributed by atoms with Crippen LogP contribution in [0.5, 0.6) is 5.75 Å². The van der Waals surface area contributed by atoms with Crippen molar-refractivity contribution in [3.8, 4) is 16.9 Å². The van der Waals surface area contributed by atoms with Crippen molar-refractivity contribution < 1.29 is 9.53 Å². The van der Waals surface area contributed by atoms with Crippen LogP contribution in [-0.4, -0.2) is 5.97 Å². The van der Waals surface area contributed by atoms with Gasteiger partial charge in [0.2, 0.25) is 0 Å². The molecule has 3 aromatic rings. The maximum atomic E-state index is 11.6. The first-order valence-electron chi connectivity index (χ1n) is 7.10. The molecule has 0 amide bonds. The highest BCUT2D eigenvalue weighted by Gasteiger charge is 2.06. The molecule has 0 heterocycles. The van der Waals surface area contributed by atoms with Gasteiger partial charge >= 0.3 is 5.97 Å². The Morgan fingerprint density at radius 3 is 2.27 bits per heavy atom. The minimum atomic E-state index is -0.403. The molecule has 0 fully saturated rings. The molecule has 22 heavy (non-hydrogen) atoms. The van der Waals surface area contributed by atoms with Gasteiger partial charge in [-0.3, -0.25) is 0 Å². The van der Waals surface area contributed by atoms with E-state index in [1.165, 1.54) is 11.1 Å². The zero-order valence-corrected chi connectivity index (χ0v) is 12.4. The second-order valence-corrected chi connectivity index (χ2v) is 5.26. The van der Waals surface area contributed by atoms with Crippen molar-refractivity contribution in [2.45, 2.75) is 6.92 Å². The lowest BCUT2D eigenvalue weighted by molar-refractivity contribution is -0.130. The standard InChI is InChI=1S/C20H16O2/c1-14(2)20(21)22-19-11-10-17-12-16(8-9-18(17)13-19)15-6-4-3-5-7-15/h3-13H,1H2,2H3. The molecule has 0 N–H and O–H groups in total. The van der Waals surface area contributed by atoms with Crippen molar-refractivity contribution >= 4 is 16.7 Å². The summed E-state index contributed by atoms with van der Waals surface area (Å²) in [6.07, 6.45) is 0. The Bertz CT molecular complexity index is 848. The molecule has 0 saturated carbocycles. The monoisotopic (exact) mass is 288 g/mol. The van der Waals surface area contributed by atoms with Crippen molar-refractivity contribution in [1.29, 1.82) is 0 Å². The van der Waals surface area contributed by atoms with E-state index < -0.39 is 5.97 Å². The minimum absolute atomic E-state index is 0.388. The van der Waals surface area contributed by atoms with Crippen molar-refractivity contribution in [1.82, 2.24) is 0 Å². The third-order valence-corrected chi connectivity index (χ3v) is 3.48. The van der Waals surface area contributed by atoms with Crippen LogP contribution in [0.4, 0.5) is 0 Å². The Morgan fingerprint density at radius 1 is 0.864 bits per heavy atom. The lowest BCUT2D eigenvalue weighted by Crippen LogP contribution is -2.07. The zero-order chi connectivity index (χ0) is 15.5. The molecule has 0 aliphatic rings. The van der Waals surface area contributed by atoms with Gasteiger partial charge in [-0.25, -0.2) is 4.79 Å². The van der Waals surface area contributed by atoms with Crippen LogP contribution in [-0.2, 0) is 4.79 Å². The van der Waals surface area contributed by atoms with E-state index in [1.54, 1.807) is 13.0 Å². The van der Waals surface area contributed by atoms with Gasteiger partial charge in [0.05, 0.1) is 0 Å². The molecular formula is C20H16O2. The first kappa shape index (κ1) is 14.1. The van der Waals surface area contributed by atoms with Crippen LogP contribution in [0.15, 0.2) is 78.9 Å². The van der Waals surface area contributed by atoms with Crippen molar-refractivity contribution in [3.63, 3.8) is 0 Å². The predicted molar refractivity (Wildman–Crippen MR) is 89.8 cm³/mol. The quantitative estimate of drug-likeness (QED) is 0.385. The van der Waals surface area contributed by atoms with Gasteiger partial charge in [-0.15, -0.1) is 0 Å². The highest BCUT2D eigenvalue weighted by Crippen LogP contribution is 2.27. The fraction of sp³-hybridized carbons (Fsp3) is 0.0500. The Kier molecular flexibility index (Phi) is 3.75. The van der Waals surface area contributed by atoms with Crippen LogP contribution in [0.1, 0.15) is 6.92 Å². The molecule has 0 unspecified atom stereocenters. The summed E-state index contributed by atoms with van der Waals surface area (Å²) in [6, 6.07) is 22.1. The lowest BCUT2D eigenvalue weighted by Gasteiger charge is -2.07.